The molecule has 0 aromatic carbocycles. The van der Waals surface area contributed by atoms with Gasteiger partial charge in [-0.2, -0.15) is 0 Å². The molecule has 3 nitrogen and oxygen atoms in total. The maximum Gasteiger partial charge on any atom is 0.0979 e. The van der Waals surface area contributed by atoms with Crippen LogP contribution in [-0.2, 0) is 0 Å². The lowest BCUT2D eigenvalue weighted by atomic mass is 9.84. The van der Waals surface area contributed by atoms with E-state index in [9.17, 15) is 0 Å². The number of thiophene rings is 1. The van der Waals surface area contributed by atoms with Crippen molar-refractivity contribution < 1.29 is 0 Å². The highest BCUT2D eigenvalue weighted by atomic mass is 32.1. The van der Waals surface area contributed by atoms with Gasteiger partial charge in [-0.3, -0.25) is 0 Å². The molecule has 3 rings (SSSR count). The number of hydrogen-bond acceptors (Lipinski definition) is 4. The van der Waals surface area contributed by atoms with Gasteiger partial charge in [0.1, 0.15) is 0 Å². The lowest BCUT2D eigenvalue weighted by Gasteiger charge is -2.37. The molecule has 2 aliphatic rings. The van der Waals surface area contributed by atoms with E-state index in [1.54, 1.807) is 5.57 Å². The second kappa shape index (κ2) is 10.5. The second-order valence-electron chi connectivity index (χ2n) is 9.65. The van der Waals surface area contributed by atoms with E-state index in [1.165, 1.54) is 45.8 Å². The molecule has 1 aliphatic heterocycles. The molecule has 0 radical (unpaired) electrons. The zero-order valence-corrected chi connectivity index (χ0v) is 21.7. The predicted octanol–water partition coefficient (Wildman–Crippen LogP) is 7.35. The standard InChI is InChI=1S/C27H43N3S/c1-9-11-12-24(18(4)10-2)26-29-28-22(8)30(26)27-25(19(5)21(7)31-27)20(6)23-15-13-17(3)14-16-23/h9,11,13,15,18,20,22,24,26,28-29H,10,12,14,16H2,1-8H3/b11-9-. The molecule has 31 heavy (non-hydrogen) atoms. The maximum absolute atomic E-state index is 3.68. The fourth-order valence-electron chi connectivity index (χ4n) is 5.10. The molecule has 0 bridgehead atoms. The SMILES string of the molecule is C/C=C\CC(C(C)CC)C1NNC(C)N1c1sc(C)c(C)c1C(C)C1=CC=C(C)CC1. The summed E-state index contributed by atoms with van der Waals surface area (Å²) in [6.07, 6.45) is 14.5. The van der Waals surface area contributed by atoms with Crippen molar-refractivity contribution in [3.05, 3.63) is 51.5 Å². The molecule has 1 saturated heterocycles. The minimum Gasteiger partial charge on any atom is -0.330 e. The molecule has 1 aliphatic carbocycles. The Morgan fingerprint density at radius 2 is 1.90 bits per heavy atom. The third-order valence-corrected chi connectivity index (χ3v) is 8.84. The monoisotopic (exact) mass is 441 g/mol. The van der Waals surface area contributed by atoms with Gasteiger partial charge in [0.15, 0.2) is 0 Å². The van der Waals surface area contributed by atoms with E-state index in [-0.39, 0.29) is 6.17 Å². The fourth-order valence-corrected chi connectivity index (χ4v) is 6.47. The molecule has 1 aromatic heterocycles. The number of rotatable bonds is 8. The number of anilines is 1. The first kappa shape index (κ1) is 24.3. The summed E-state index contributed by atoms with van der Waals surface area (Å²) < 4.78 is 0. The van der Waals surface area contributed by atoms with Crippen LogP contribution in [0.15, 0.2) is 35.5 Å². The number of nitrogens with one attached hydrogen (secondary N) is 2. The van der Waals surface area contributed by atoms with Gasteiger partial charge in [-0.15, -0.1) is 11.3 Å². The van der Waals surface area contributed by atoms with Crippen molar-refractivity contribution in [3.8, 4) is 0 Å². The van der Waals surface area contributed by atoms with Crippen LogP contribution in [0.4, 0.5) is 5.00 Å². The average Bonchev–Trinajstić information content (AvgIpc) is 3.27. The van der Waals surface area contributed by atoms with E-state index in [2.05, 4.69) is 95.4 Å². The molecule has 172 valence electrons. The summed E-state index contributed by atoms with van der Waals surface area (Å²) in [4.78, 5) is 4.10. The molecule has 2 N–H and O–H groups in total. The summed E-state index contributed by atoms with van der Waals surface area (Å²) in [5.41, 5.74) is 13.3. The van der Waals surface area contributed by atoms with E-state index in [0.717, 1.165) is 6.42 Å². The topological polar surface area (TPSA) is 27.3 Å². The highest BCUT2D eigenvalue weighted by Gasteiger charge is 2.40. The average molecular weight is 442 g/mol. The predicted molar refractivity (Wildman–Crippen MR) is 138 cm³/mol. The minimum absolute atomic E-state index is 0.271. The molecule has 0 spiro atoms. The van der Waals surface area contributed by atoms with Crippen LogP contribution in [0.1, 0.15) is 89.1 Å². The summed E-state index contributed by atoms with van der Waals surface area (Å²) in [6, 6.07) is 0. The van der Waals surface area contributed by atoms with E-state index in [0.29, 0.717) is 23.9 Å². The molecule has 2 heterocycles. The van der Waals surface area contributed by atoms with E-state index in [1.807, 2.05) is 11.3 Å². The number of allylic oxidation sites excluding steroid dienone is 6. The van der Waals surface area contributed by atoms with Crippen LogP contribution < -0.4 is 15.8 Å². The van der Waals surface area contributed by atoms with Crippen molar-refractivity contribution in [1.29, 1.82) is 0 Å². The number of aryl methyl sites for hydroxylation is 1. The maximum atomic E-state index is 3.68. The lowest BCUT2D eigenvalue weighted by Crippen LogP contribution is -2.46. The van der Waals surface area contributed by atoms with Crippen LogP contribution >= 0.6 is 11.3 Å². The molecule has 1 aromatic rings. The van der Waals surface area contributed by atoms with Crippen molar-refractivity contribution in [3.63, 3.8) is 0 Å². The fraction of sp³-hybridized carbons (Fsp3) is 0.630. The number of hydrogen-bond donors (Lipinski definition) is 2. The summed E-state index contributed by atoms with van der Waals surface area (Å²) >= 11 is 1.98. The Morgan fingerprint density at radius 1 is 1.16 bits per heavy atom. The van der Waals surface area contributed by atoms with Gasteiger partial charge in [0.2, 0.25) is 0 Å². The molecule has 0 saturated carbocycles. The van der Waals surface area contributed by atoms with Gasteiger partial charge in [-0.1, -0.05) is 62.6 Å². The van der Waals surface area contributed by atoms with Gasteiger partial charge in [0.25, 0.3) is 0 Å². The molecule has 1 fully saturated rings. The quantitative estimate of drug-likeness (QED) is 0.413. The Balaban J connectivity index is 2.03. The largest absolute Gasteiger partial charge is 0.330 e. The molecule has 4 heteroatoms. The normalized spacial score (nSPS) is 25.0. The summed E-state index contributed by atoms with van der Waals surface area (Å²) in [5, 5.41) is 1.46. The van der Waals surface area contributed by atoms with Crippen LogP contribution in [0.5, 0.6) is 0 Å². The first-order valence-electron chi connectivity index (χ1n) is 12.2. The van der Waals surface area contributed by atoms with Gasteiger partial charge in [0.05, 0.1) is 17.3 Å². The number of nitrogens with zero attached hydrogens (tertiary/aromatic N) is 1. The summed E-state index contributed by atoms with van der Waals surface area (Å²) in [6.45, 7) is 18.4. The zero-order chi connectivity index (χ0) is 22.7. The highest BCUT2D eigenvalue weighted by Crippen LogP contribution is 2.46. The van der Waals surface area contributed by atoms with Gasteiger partial charge >= 0.3 is 0 Å². The Morgan fingerprint density at radius 3 is 2.52 bits per heavy atom. The van der Waals surface area contributed by atoms with Crippen molar-refractivity contribution in [2.45, 2.75) is 99.3 Å². The van der Waals surface area contributed by atoms with Gasteiger partial charge in [-0.25, -0.2) is 10.9 Å². The Kier molecular flexibility index (Phi) is 8.23. The van der Waals surface area contributed by atoms with Crippen LogP contribution in [0.2, 0.25) is 0 Å². The molecular weight excluding hydrogens is 398 g/mol. The van der Waals surface area contributed by atoms with E-state index < -0.39 is 0 Å². The molecule has 5 unspecified atom stereocenters. The van der Waals surface area contributed by atoms with Gasteiger partial charge < -0.3 is 4.90 Å². The molecule has 5 atom stereocenters. The van der Waals surface area contributed by atoms with E-state index in [4.69, 9.17) is 0 Å². The molecular formula is C27H43N3S. The number of hydrazine groups is 1. The second-order valence-corrected chi connectivity index (χ2v) is 10.9. The van der Waals surface area contributed by atoms with Gasteiger partial charge in [-0.05, 0) is 76.8 Å². The van der Waals surface area contributed by atoms with Crippen LogP contribution in [-0.4, -0.2) is 12.3 Å². The van der Waals surface area contributed by atoms with Crippen molar-refractivity contribution >= 4 is 16.3 Å². The minimum atomic E-state index is 0.271. The Labute approximate surface area is 194 Å². The Bertz CT molecular complexity index is 847. The van der Waals surface area contributed by atoms with E-state index >= 15 is 0 Å². The van der Waals surface area contributed by atoms with Crippen LogP contribution in [0.3, 0.4) is 0 Å². The zero-order valence-electron chi connectivity index (χ0n) is 20.9. The lowest BCUT2D eigenvalue weighted by molar-refractivity contribution is 0.270. The first-order valence-corrected chi connectivity index (χ1v) is 13.0. The van der Waals surface area contributed by atoms with Crippen LogP contribution in [0, 0.1) is 25.7 Å². The highest BCUT2D eigenvalue weighted by molar-refractivity contribution is 7.16. The van der Waals surface area contributed by atoms with Crippen molar-refractivity contribution in [2.24, 2.45) is 11.8 Å². The smallest absolute Gasteiger partial charge is 0.0979 e. The summed E-state index contributed by atoms with van der Waals surface area (Å²) in [5.74, 6) is 1.67. The third-order valence-electron chi connectivity index (χ3n) is 7.61. The Hall–Kier alpha value is -1.36. The summed E-state index contributed by atoms with van der Waals surface area (Å²) in [7, 11) is 0. The van der Waals surface area contributed by atoms with Gasteiger partial charge in [0, 0.05) is 10.8 Å². The first-order chi connectivity index (χ1) is 14.8. The third kappa shape index (κ3) is 5.02. The van der Waals surface area contributed by atoms with Crippen molar-refractivity contribution in [1.82, 2.24) is 10.9 Å². The van der Waals surface area contributed by atoms with Crippen LogP contribution in [0.25, 0.3) is 0 Å². The van der Waals surface area contributed by atoms with Crippen molar-refractivity contribution in [2.75, 3.05) is 4.90 Å². The molecule has 0 amide bonds.